The van der Waals surface area contributed by atoms with Crippen LogP contribution in [-0.4, -0.2) is 10.9 Å². The van der Waals surface area contributed by atoms with Gasteiger partial charge in [-0.2, -0.15) is 0 Å². The number of amides is 1. The number of rotatable bonds is 3. The van der Waals surface area contributed by atoms with Gasteiger partial charge in [0.1, 0.15) is 0 Å². The van der Waals surface area contributed by atoms with Crippen LogP contribution in [0.4, 0.5) is 5.13 Å². The smallest absolute Gasteiger partial charge is 0.231 e. The topological polar surface area (TPSA) is 42.0 Å². The van der Waals surface area contributed by atoms with Crippen LogP contribution >= 0.6 is 22.7 Å². The van der Waals surface area contributed by atoms with Gasteiger partial charge in [0.05, 0.1) is 12.1 Å². The highest BCUT2D eigenvalue weighted by Crippen LogP contribution is 2.21. The molecule has 0 bridgehead atoms. The molecule has 0 atom stereocenters. The van der Waals surface area contributed by atoms with Crippen molar-refractivity contribution in [3.63, 3.8) is 0 Å². The molecule has 84 valence electrons. The molecule has 5 heteroatoms. The molecule has 1 N–H and O–H groups in total. The number of hydrogen-bond acceptors (Lipinski definition) is 4. The lowest BCUT2D eigenvalue weighted by molar-refractivity contribution is -0.115. The van der Waals surface area contributed by atoms with Crippen LogP contribution < -0.4 is 5.32 Å². The lowest BCUT2D eigenvalue weighted by Gasteiger charge is -1.98. The van der Waals surface area contributed by atoms with E-state index in [1.54, 1.807) is 11.3 Å². The quantitative estimate of drug-likeness (QED) is 0.912. The van der Waals surface area contributed by atoms with Gasteiger partial charge in [0.15, 0.2) is 5.13 Å². The summed E-state index contributed by atoms with van der Waals surface area (Å²) in [5.74, 6) is -0.00352. The van der Waals surface area contributed by atoms with Gasteiger partial charge in [-0.15, -0.1) is 22.7 Å². The van der Waals surface area contributed by atoms with Crippen molar-refractivity contribution in [1.82, 2.24) is 4.98 Å². The third-order valence-corrected chi connectivity index (χ3v) is 4.05. The minimum absolute atomic E-state index is 0.00352. The molecular formula is C11H12N2OS2. The van der Waals surface area contributed by atoms with Crippen LogP contribution in [0.15, 0.2) is 17.5 Å². The largest absolute Gasteiger partial charge is 0.302 e. The van der Waals surface area contributed by atoms with Crippen LogP contribution in [0.1, 0.15) is 15.4 Å². The zero-order valence-electron chi connectivity index (χ0n) is 9.11. The van der Waals surface area contributed by atoms with Crippen molar-refractivity contribution < 1.29 is 4.79 Å². The molecule has 2 aromatic rings. The number of thiophene rings is 1. The summed E-state index contributed by atoms with van der Waals surface area (Å²) in [6.07, 6.45) is 0.426. The second-order valence-corrected chi connectivity index (χ2v) is 5.70. The minimum atomic E-state index is -0.00352. The van der Waals surface area contributed by atoms with Gasteiger partial charge in [-0.1, -0.05) is 6.07 Å². The number of anilines is 1. The fourth-order valence-electron chi connectivity index (χ4n) is 1.26. The third kappa shape index (κ3) is 2.68. The van der Waals surface area contributed by atoms with Gasteiger partial charge in [-0.3, -0.25) is 4.79 Å². The van der Waals surface area contributed by atoms with Crippen molar-refractivity contribution in [3.05, 3.63) is 33.0 Å². The molecule has 16 heavy (non-hydrogen) atoms. The highest BCUT2D eigenvalue weighted by molar-refractivity contribution is 7.15. The number of nitrogens with one attached hydrogen (secondary N) is 1. The monoisotopic (exact) mass is 252 g/mol. The average molecular weight is 252 g/mol. The first kappa shape index (κ1) is 11.3. The molecule has 3 nitrogen and oxygen atoms in total. The molecule has 2 aromatic heterocycles. The minimum Gasteiger partial charge on any atom is -0.302 e. The fraction of sp³-hybridized carbons (Fsp3) is 0.273. The maximum Gasteiger partial charge on any atom is 0.231 e. The molecule has 0 aliphatic heterocycles. The summed E-state index contributed by atoms with van der Waals surface area (Å²) >= 11 is 3.11. The van der Waals surface area contributed by atoms with Crippen LogP contribution in [0.3, 0.4) is 0 Å². The van der Waals surface area contributed by atoms with Crippen LogP contribution in [0.2, 0.25) is 0 Å². The molecule has 1 amide bonds. The van der Waals surface area contributed by atoms with Crippen LogP contribution in [0.25, 0.3) is 0 Å². The molecule has 0 radical (unpaired) electrons. The van der Waals surface area contributed by atoms with Gasteiger partial charge >= 0.3 is 0 Å². The molecular weight excluding hydrogens is 240 g/mol. The molecule has 0 unspecified atom stereocenters. The van der Waals surface area contributed by atoms with Crippen LogP contribution in [-0.2, 0) is 11.2 Å². The maximum absolute atomic E-state index is 11.7. The van der Waals surface area contributed by atoms with E-state index in [4.69, 9.17) is 0 Å². The molecule has 0 spiro atoms. The second-order valence-electron chi connectivity index (χ2n) is 3.46. The summed E-state index contributed by atoms with van der Waals surface area (Å²) < 4.78 is 0. The molecule has 0 saturated heterocycles. The SMILES string of the molecule is Cc1nc(NC(=O)Cc2cccs2)sc1C. The fourth-order valence-corrected chi connectivity index (χ4v) is 2.80. The van der Waals surface area contributed by atoms with Gasteiger partial charge in [0, 0.05) is 9.75 Å². The first-order chi connectivity index (χ1) is 7.65. The molecule has 0 aromatic carbocycles. The number of carbonyl (C=O) groups excluding carboxylic acids is 1. The predicted octanol–water partition coefficient (Wildman–Crippen LogP) is 3.00. The maximum atomic E-state index is 11.7. The number of carbonyl (C=O) groups is 1. The zero-order chi connectivity index (χ0) is 11.5. The second kappa shape index (κ2) is 4.76. The summed E-state index contributed by atoms with van der Waals surface area (Å²) in [4.78, 5) is 18.1. The Labute approximate surface area is 102 Å². The first-order valence-corrected chi connectivity index (χ1v) is 6.61. The Hall–Kier alpha value is -1.20. The lowest BCUT2D eigenvalue weighted by atomic mass is 10.3. The molecule has 0 fully saturated rings. The van der Waals surface area contributed by atoms with E-state index in [0.29, 0.717) is 11.6 Å². The molecule has 0 saturated carbocycles. The van der Waals surface area contributed by atoms with Gasteiger partial charge in [-0.25, -0.2) is 4.98 Å². The highest BCUT2D eigenvalue weighted by Gasteiger charge is 2.08. The van der Waals surface area contributed by atoms with Crippen molar-refractivity contribution in [2.24, 2.45) is 0 Å². The predicted molar refractivity (Wildman–Crippen MR) is 68.2 cm³/mol. The Morgan fingerprint density at radius 1 is 1.50 bits per heavy atom. The summed E-state index contributed by atoms with van der Waals surface area (Å²) in [7, 11) is 0. The Balaban J connectivity index is 1.97. The van der Waals surface area contributed by atoms with Crippen molar-refractivity contribution >= 4 is 33.7 Å². The van der Waals surface area contributed by atoms with Gasteiger partial charge in [0.2, 0.25) is 5.91 Å². The van der Waals surface area contributed by atoms with E-state index >= 15 is 0 Å². The zero-order valence-corrected chi connectivity index (χ0v) is 10.7. The number of nitrogens with zero attached hydrogens (tertiary/aromatic N) is 1. The standard InChI is InChI=1S/C11H12N2OS2/c1-7-8(2)16-11(12-7)13-10(14)6-9-4-3-5-15-9/h3-5H,6H2,1-2H3,(H,12,13,14). The van der Waals surface area contributed by atoms with E-state index in [1.807, 2.05) is 31.4 Å². The van der Waals surface area contributed by atoms with Gasteiger partial charge in [-0.05, 0) is 25.3 Å². The molecule has 2 rings (SSSR count). The number of hydrogen-bond donors (Lipinski definition) is 1. The summed E-state index contributed by atoms with van der Waals surface area (Å²) in [6.45, 7) is 3.95. The van der Waals surface area contributed by atoms with Crippen molar-refractivity contribution in [1.29, 1.82) is 0 Å². The van der Waals surface area contributed by atoms with Crippen molar-refractivity contribution in [2.75, 3.05) is 5.32 Å². The van der Waals surface area contributed by atoms with Crippen LogP contribution in [0, 0.1) is 13.8 Å². The van der Waals surface area contributed by atoms with Gasteiger partial charge in [0.25, 0.3) is 0 Å². The third-order valence-electron chi connectivity index (χ3n) is 2.19. The van der Waals surface area contributed by atoms with E-state index in [1.165, 1.54) is 11.3 Å². The normalized spacial score (nSPS) is 10.4. The number of aromatic nitrogens is 1. The highest BCUT2D eigenvalue weighted by atomic mass is 32.1. The van der Waals surface area contributed by atoms with Crippen molar-refractivity contribution in [3.8, 4) is 0 Å². The first-order valence-electron chi connectivity index (χ1n) is 4.91. The van der Waals surface area contributed by atoms with E-state index in [0.717, 1.165) is 15.4 Å². The Morgan fingerprint density at radius 2 is 2.31 bits per heavy atom. The van der Waals surface area contributed by atoms with E-state index in [9.17, 15) is 4.79 Å². The van der Waals surface area contributed by atoms with Crippen molar-refractivity contribution in [2.45, 2.75) is 20.3 Å². The summed E-state index contributed by atoms with van der Waals surface area (Å²) in [5, 5.41) is 5.48. The van der Waals surface area contributed by atoms with Crippen LogP contribution in [0.5, 0.6) is 0 Å². The molecule has 0 aliphatic carbocycles. The molecule has 2 heterocycles. The molecule has 0 aliphatic rings. The lowest BCUT2D eigenvalue weighted by Crippen LogP contribution is -2.13. The van der Waals surface area contributed by atoms with E-state index < -0.39 is 0 Å². The Morgan fingerprint density at radius 3 is 2.88 bits per heavy atom. The Bertz CT molecular complexity index is 469. The Kier molecular flexibility index (Phi) is 3.36. The van der Waals surface area contributed by atoms with Gasteiger partial charge < -0.3 is 5.32 Å². The average Bonchev–Trinajstić information content (AvgIpc) is 2.78. The summed E-state index contributed by atoms with van der Waals surface area (Å²) in [5.41, 5.74) is 0.983. The number of thiazole rings is 1. The van der Waals surface area contributed by atoms with E-state index in [-0.39, 0.29) is 5.91 Å². The summed E-state index contributed by atoms with van der Waals surface area (Å²) in [6, 6.07) is 3.91. The number of aryl methyl sites for hydroxylation is 2. The van der Waals surface area contributed by atoms with E-state index in [2.05, 4.69) is 10.3 Å².